The van der Waals surface area contributed by atoms with Crippen LogP contribution in [-0.4, -0.2) is 12.3 Å². The number of rotatable bonds is 0. The summed E-state index contributed by atoms with van der Waals surface area (Å²) in [5.74, 6) is 0. The Hall–Kier alpha value is -0.850. The van der Waals surface area contributed by atoms with Gasteiger partial charge in [-0.05, 0) is 49.7 Å². The highest BCUT2D eigenvalue weighted by atomic mass is 14.7. The van der Waals surface area contributed by atoms with Crippen molar-refractivity contribution in [3.63, 3.8) is 0 Å². The monoisotopic (exact) mass is 175 g/mol. The average Bonchev–Trinajstić information content (AvgIpc) is 2.43. The Kier molecular flexibility index (Phi) is 2.62. The van der Waals surface area contributed by atoms with Crippen molar-refractivity contribution in [1.29, 1.82) is 0 Å². The predicted octanol–water partition coefficient (Wildman–Crippen LogP) is 3.28. The number of fused-ring (bicyclic) bond motifs is 1. The van der Waals surface area contributed by atoms with E-state index in [4.69, 9.17) is 0 Å². The molecule has 1 nitrogen and oxygen atoms in total. The van der Waals surface area contributed by atoms with Crippen LogP contribution in [0, 0.1) is 0 Å². The Morgan fingerprint density at radius 2 is 2.00 bits per heavy atom. The average molecular weight is 175 g/mol. The van der Waals surface area contributed by atoms with Gasteiger partial charge >= 0.3 is 0 Å². The summed E-state index contributed by atoms with van der Waals surface area (Å²) >= 11 is 0. The summed E-state index contributed by atoms with van der Waals surface area (Å²) in [4.78, 5) is 4.64. The predicted molar refractivity (Wildman–Crippen MR) is 57.2 cm³/mol. The van der Waals surface area contributed by atoms with E-state index < -0.39 is 0 Å². The summed E-state index contributed by atoms with van der Waals surface area (Å²) in [6.45, 7) is 5.17. The second kappa shape index (κ2) is 3.91. The van der Waals surface area contributed by atoms with Crippen molar-refractivity contribution in [2.45, 2.75) is 38.5 Å². The molecule has 0 unspecified atom stereocenters. The molecule has 0 N–H and O–H groups in total. The quantitative estimate of drug-likeness (QED) is 0.535. The van der Waals surface area contributed by atoms with Gasteiger partial charge in [0.1, 0.15) is 0 Å². The Morgan fingerprint density at radius 1 is 1.15 bits per heavy atom. The third-order valence-electron chi connectivity index (χ3n) is 2.85. The molecule has 1 aliphatic carbocycles. The fourth-order valence-electron chi connectivity index (χ4n) is 2.08. The summed E-state index contributed by atoms with van der Waals surface area (Å²) in [5.41, 5.74) is 4.04. The highest BCUT2D eigenvalue weighted by Gasteiger charge is 2.15. The van der Waals surface area contributed by atoms with E-state index in [9.17, 15) is 0 Å². The summed E-state index contributed by atoms with van der Waals surface area (Å²) in [7, 11) is 0. The van der Waals surface area contributed by atoms with Gasteiger partial charge in [-0.3, -0.25) is 4.99 Å². The first-order chi connectivity index (χ1) is 6.38. The molecule has 1 saturated carbocycles. The SMILES string of the molecule is C=C1CCCCC2=NCCCC=C12. The molecule has 1 heteroatoms. The number of hydrogen-bond donors (Lipinski definition) is 0. The van der Waals surface area contributed by atoms with E-state index in [2.05, 4.69) is 17.6 Å². The van der Waals surface area contributed by atoms with Gasteiger partial charge in [-0.1, -0.05) is 12.7 Å². The van der Waals surface area contributed by atoms with Crippen molar-refractivity contribution in [2.24, 2.45) is 4.99 Å². The minimum absolute atomic E-state index is 1.02. The Balaban J connectivity index is 2.30. The van der Waals surface area contributed by atoms with Crippen molar-refractivity contribution in [3.05, 3.63) is 23.8 Å². The Bertz CT molecular complexity index is 271. The van der Waals surface area contributed by atoms with Gasteiger partial charge in [-0.15, -0.1) is 0 Å². The first-order valence-electron chi connectivity index (χ1n) is 5.30. The fourth-order valence-corrected chi connectivity index (χ4v) is 2.08. The van der Waals surface area contributed by atoms with E-state index in [1.54, 1.807) is 0 Å². The maximum Gasteiger partial charge on any atom is 0.0419 e. The molecule has 0 spiro atoms. The van der Waals surface area contributed by atoms with Crippen LogP contribution in [-0.2, 0) is 0 Å². The van der Waals surface area contributed by atoms with Crippen LogP contribution in [0.3, 0.4) is 0 Å². The minimum Gasteiger partial charge on any atom is -0.289 e. The lowest BCUT2D eigenvalue weighted by molar-refractivity contribution is 0.775. The lowest BCUT2D eigenvalue weighted by Crippen LogP contribution is -2.01. The molecular formula is C12H17N. The van der Waals surface area contributed by atoms with Gasteiger partial charge in [0.15, 0.2) is 0 Å². The van der Waals surface area contributed by atoms with Crippen LogP contribution in [0.15, 0.2) is 28.8 Å². The highest BCUT2D eigenvalue weighted by molar-refractivity contribution is 6.04. The standard InChI is InChI=1S/C12H17N/c1-10-6-2-3-8-12-11(10)7-4-5-9-13-12/h7H,1-6,8-9H2. The molecule has 1 fully saturated rings. The Labute approximate surface area is 80.3 Å². The van der Waals surface area contributed by atoms with E-state index in [0.29, 0.717) is 0 Å². The van der Waals surface area contributed by atoms with Crippen LogP contribution in [0.2, 0.25) is 0 Å². The van der Waals surface area contributed by atoms with Crippen molar-refractivity contribution in [2.75, 3.05) is 6.54 Å². The van der Waals surface area contributed by atoms with Gasteiger partial charge in [-0.2, -0.15) is 0 Å². The summed E-state index contributed by atoms with van der Waals surface area (Å²) in [6.07, 6.45) is 9.65. The van der Waals surface area contributed by atoms with Gasteiger partial charge in [0, 0.05) is 12.3 Å². The lowest BCUT2D eigenvalue weighted by Gasteiger charge is -2.06. The Morgan fingerprint density at radius 3 is 2.92 bits per heavy atom. The zero-order valence-electron chi connectivity index (χ0n) is 8.18. The zero-order valence-corrected chi connectivity index (χ0v) is 8.18. The minimum atomic E-state index is 1.02. The van der Waals surface area contributed by atoms with E-state index in [0.717, 1.165) is 6.54 Å². The molecule has 0 aromatic carbocycles. The van der Waals surface area contributed by atoms with Crippen LogP contribution < -0.4 is 0 Å². The fraction of sp³-hybridized carbons (Fsp3) is 0.583. The normalized spacial score (nSPS) is 23.8. The maximum atomic E-state index is 4.64. The van der Waals surface area contributed by atoms with Crippen LogP contribution in [0.1, 0.15) is 38.5 Å². The summed E-state index contributed by atoms with van der Waals surface area (Å²) in [5, 5.41) is 0. The first-order valence-corrected chi connectivity index (χ1v) is 5.30. The van der Waals surface area contributed by atoms with Gasteiger partial charge < -0.3 is 0 Å². The molecule has 0 atom stereocenters. The second-order valence-corrected chi connectivity index (χ2v) is 3.90. The van der Waals surface area contributed by atoms with E-state index >= 15 is 0 Å². The molecule has 2 aliphatic rings. The second-order valence-electron chi connectivity index (χ2n) is 3.90. The molecule has 1 aliphatic heterocycles. The molecule has 0 amide bonds. The van der Waals surface area contributed by atoms with Crippen LogP contribution in [0.25, 0.3) is 0 Å². The van der Waals surface area contributed by atoms with Gasteiger partial charge in [0.2, 0.25) is 0 Å². The topological polar surface area (TPSA) is 12.4 Å². The molecule has 0 bridgehead atoms. The van der Waals surface area contributed by atoms with Gasteiger partial charge in [-0.25, -0.2) is 0 Å². The van der Waals surface area contributed by atoms with Crippen molar-refractivity contribution >= 4 is 5.71 Å². The van der Waals surface area contributed by atoms with Crippen LogP contribution in [0.5, 0.6) is 0 Å². The number of aliphatic imine (C=N–C) groups is 1. The van der Waals surface area contributed by atoms with Crippen LogP contribution >= 0.6 is 0 Å². The van der Waals surface area contributed by atoms with Gasteiger partial charge in [0.25, 0.3) is 0 Å². The third kappa shape index (κ3) is 1.90. The van der Waals surface area contributed by atoms with Crippen molar-refractivity contribution < 1.29 is 0 Å². The highest BCUT2D eigenvalue weighted by Crippen LogP contribution is 2.26. The van der Waals surface area contributed by atoms with E-state index in [-0.39, 0.29) is 0 Å². The van der Waals surface area contributed by atoms with Crippen molar-refractivity contribution in [3.8, 4) is 0 Å². The molecular weight excluding hydrogens is 158 g/mol. The number of allylic oxidation sites excluding steroid dienone is 3. The number of nitrogens with zero attached hydrogens (tertiary/aromatic N) is 1. The first kappa shape index (κ1) is 8.74. The zero-order chi connectivity index (χ0) is 9.10. The molecule has 1 heterocycles. The van der Waals surface area contributed by atoms with Gasteiger partial charge in [0.05, 0.1) is 0 Å². The van der Waals surface area contributed by atoms with E-state index in [1.807, 2.05) is 0 Å². The molecule has 0 aromatic rings. The third-order valence-corrected chi connectivity index (χ3v) is 2.85. The molecule has 0 saturated heterocycles. The molecule has 70 valence electrons. The number of hydrogen-bond acceptors (Lipinski definition) is 1. The molecule has 2 rings (SSSR count). The summed E-state index contributed by atoms with van der Waals surface area (Å²) < 4.78 is 0. The smallest absolute Gasteiger partial charge is 0.0419 e. The van der Waals surface area contributed by atoms with Crippen molar-refractivity contribution in [1.82, 2.24) is 0 Å². The summed E-state index contributed by atoms with van der Waals surface area (Å²) in [6, 6.07) is 0. The lowest BCUT2D eigenvalue weighted by atomic mass is 10.0. The molecule has 0 aromatic heterocycles. The van der Waals surface area contributed by atoms with Crippen LogP contribution in [0.4, 0.5) is 0 Å². The molecule has 0 radical (unpaired) electrons. The van der Waals surface area contributed by atoms with E-state index in [1.165, 1.54) is 55.4 Å². The molecule has 13 heavy (non-hydrogen) atoms. The maximum absolute atomic E-state index is 4.64. The largest absolute Gasteiger partial charge is 0.289 e.